The second-order valence-electron chi connectivity index (χ2n) is 5.18. The van der Waals surface area contributed by atoms with E-state index < -0.39 is 0 Å². The van der Waals surface area contributed by atoms with Crippen LogP contribution < -0.4 is 16.6 Å². The maximum Gasteiger partial charge on any atom is 0.173 e. The van der Waals surface area contributed by atoms with Crippen LogP contribution in [0.1, 0.15) is 0 Å². The second kappa shape index (κ2) is 5.88. The Morgan fingerprint density at radius 2 is 1.62 bits per heavy atom. The molecule has 0 saturated carbocycles. The number of hydrogen-bond donors (Lipinski definition) is 3. The van der Waals surface area contributed by atoms with Crippen molar-refractivity contribution in [1.29, 1.82) is 0 Å². The fourth-order valence-electron chi connectivity index (χ4n) is 2.46. The van der Waals surface area contributed by atoms with Crippen LogP contribution in [0.25, 0.3) is 16.9 Å². The van der Waals surface area contributed by atoms with Crippen molar-refractivity contribution in [1.82, 2.24) is 19.5 Å². The van der Waals surface area contributed by atoms with Crippen LogP contribution in [0.15, 0.2) is 67.3 Å². The van der Waals surface area contributed by atoms with Gasteiger partial charge in [0, 0.05) is 0 Å². The van der Waals surface area contributed by atoms with Gasteiger partial charge < -0.3 is 5.73 Å². The monoisotopic (exact) mass is 317 g/mol. The van der Waals surface area contributed by atoms with Crippen LogP contribution in [0.5, 0.6) is 0 Å². The number of anilines is 3. The summed E-state index contributed by atoms with van der Waals surface area (Å²) in [6, 6.07) is 17.5. The first-order valence-electron chi connectivity index (χ1n) is 7.43. The molecule has 0 fully saturated rings. The Kier molecular flexibility index (Phi) is 3.43. The Balaban J connectivity index is 1.68. The Hall–Kier alpha value is -3.61. The van der Waals surface area contributed by atoms with E-state index in [9.17, 15) is 0 Å². The third-order valence-corrected chi connectivity index (χ3v) is 3.64. The van der Waals surface area contributed by atoms with Crippen molar-refractivity contribution in [3.63, 3.8) is 0 Å². The molecule has 7 heteroatoms. The van der Waals surface area contributed by atoms with Gasteiger partial charge in [-0.2, -0.15) is 0 Å². The topological polar surface area (TPSA) is 93.7 Å². The van der Waals surface area contributed by atoms with Gasteiger partial charge in [-0.3, -0.25) is 15.4 Å². The van der Waals surface area contributed by atoms with Crippen LogP contribution >= 0.6 is 0 Å². The van der Waals surface area contributed by atoms with Crippen LogP contribution in [0.3, 0.4) is 0 Å². The predicted octanol–water partition coefficient (Wildman–Crippen LogP) is 2.84. The number of nitrogens with two attached hydrogens (primary N) is 1. The van der Waals surface area contributed by atoms with Crippen LogP contribution in [0.2, 0.25) is 0 Å². The quantitative estimate of drug-likeness (QED) is 0.501. The van der Waals surface area contributed by atoms with Crippen LogP contribution in [-0.4, -0.2) is 19.5 Å². The summed E-state index contributed by atoms with van der Waals surface area (Å²) in [5.41, 5.74) is 15.5. The summed E-state index contributed by atoms with van der Waals surface area (Å²) in [6.07, 6.45) is 3.17. The van der Waals surface area contributed by atoms with Crippen molar-refractivity contribution in [2.75, 3.05) is 16.6 Å². The number of benzene rings is 2. The van der Waals surface area contributed by atoms with Crippen molar-refractivity contribution in [2.24, 2.45) is 0 Å². The standard InChI is InChI=1S/C17H15N7/c18-15-16(23-22-12-6-2-1-3-7-12)19-10-20-17(15)24-11-21-13-8-4-5-9-14(13)24/h1-11,22H,18H2,(H,19,20,23). The fourth-order valence-corrected chi connectivity index (χ4v) is 2.46. The van der Waals surface area contributed by atoms with Gasteiger partial charge in [-0.1, -0.05) is 30.3 Å². The van der Waals surface area contributed by atoms with E-state index in [-0.39, 0.29) is 0 Å². The number of nitrogens with zero attached hydrogens (tertiary/aromatic N) is 4. The third kappa shape index (κ3) is 2.48. The number of nitrogens with one attached hydrogen (secondary N) is 2. The molecule has 0 unspecified atom stereocenters. The maximum absolute atomic E-state index is 6.25. The molecular formula is C17H15N7. The van der Waals surface area contributed by atoms with E-state index in [0.717, 1.165) is 16.7 Å². The minimum Gasteiger partial charge on any atom is -0.393 e. The lowest BCUT2D eigenvalue weighted by Crippen LogP contribution is -2.14. The van der Waals surface area contributed by atoms with E-state index in [1.807, 2.05) is 59.2 Å². The molecule has 0 radical (unpaired) electrons. The van der Waals surface area contributed by atoms with Crippen LogP contribution in [-0.2, 0) is 0 Å². The molecular weight excluding hydrogens is 302 g/mol. The minimum absolute atomic E-state index is 0.434. The first-order valence-corrected chi connectivity index (χ1v) is 7.43. The summed E-state index contributed by atoms with van der Waals surface area (Å²) in [5, 5.41) is 0. The lowest BCUT2D eigenvalue weighted by molar-refractivity contribution is 1.000. The van der Waals surface area contributed by atoms with Gasteiger partial charge in [-0.15, -0.1) is 0 Å². The highest BCUT2D eigenvalue weighted by molar-refractivity contribution is 5.80. The Morgan fingerprint density at radius 1 is 0.833 bits per heavy atom. The second-order valence-corrected chi connectivity index (χ2v) is 5.18. The smallest absolute Gasteiger partial charge is 0.173 e. The summed E-state index contributed by atoms with van der Waals surface area (Å²) in [6.45, 7) is 0. The Morgan fingerprint density at radius 3 is 2.50 bits per heavy atom. The third-order valence-electron chi connectivity index (χ3n) is 3.64. The largest absolute Gasteiger partial charge is 0.393 e. The molecule has 4 aromatic rings. The molecule has 2 heterocycles. The van der Waals surface area contributed by atoms with E-state index in [4.69, 9.17) is 5.73 Å². The van der Waals surface area contributed by atoms with E-state index in [2.05, 4.69) is 25.8 Å². The molecule has 2 aromatic heterocycles. The number of hydrogen-bond acceptors (Lipinski definition) is 6. The molecule has 0 atom stereocenters. The van der Waals surface area contributed by atoms with Crippen molar-refractivity contribution in [2.45, 2.75) is 0 Å². The van der Waals surface area contributed by atoms with Gasteiger partial charge in [0.2, 0.25) is 0 Å². The number of fused-ring (bicyclic) bond motifs is 1. The highest BCUT2D eigenvalue weighted by atomic mass is 15.4. The number of hydrazine groups is 1. The predicted molar refractivity (Wildman–Crippen MR) is 94.8 cm³/mol. The highest BCUT2D eigenvalue weighted by Crippen LogP contribution is 2.25. The van der Waals surface area contributed by atoms with E-state index >= 15 is 0 Å². The first-order chi connectivity index (χ1) is 11.8. The number of imidazole rings is 1. The minimum atomic E-state index is 0.434. The van der Waals surface area contributed by atoms with Gasteiger partial charge in [0.05, 0.1) is 16.7 Å². The van der Waals surface area contributed by atoms with Gasteiger partial charge in [0.15, 0.2) is 11.6 Å². The molecule has 0 spiro atoms. The SMILES string of the molecule is Nc1c(NNc2ccccc2)ncnc1-n1cnc2ccccc21. The molecule has 7 nitrogen and oxygen atoms in total. The highest BCUT2D eigenvalue weighted by Gasteiger charge is 2.12. The zero-order chi connectivity index (χ0) is 16.4. The molecule has 2 aromatic carbocycles. The maximum atomic E-state index is 6.25. The summed E-state index contributed by atoms with van der Waals surface area (Å²) in [4.78, 5) is 12.9. The number of rotatable bonds is 4. The van der Waals surface area contributed by atoms with Gasteiger partial charge in [0.25, 0.3) is 0 Å². The average molecular weight is 317 g/mol. The van der Waals surface area contributed by atoms with Crippen molar-refractivity contribution < 1.29 is 0 Å². The molecule has 0 amide bonds. The Bertz CT molecular complexity index is 979. The Labute approximate surface area is 138 Å². The van der Waals surface area contributed by atoms with Crippen molar-refractivity contribution in [3.8, 4) is 5.82 Å². The van der Waals surface area contributed by atoms with Gasteiger partial charge in [0.1, 0.15) is 18.3 Å². The molecule has 4 N–H and O–H groups in total. The van der Waals surface area contributed by atoms with E-state index in [1.165, 1.54) is 6.33 Å². The van der Waals surface area contributed by atoms with Crippen molar-refractivity contribution in [3.05, 3.63) is 67.3 Å². The van der Waals surface area contributed by atoms with Gasteiger partial charge in [-0.25, -0.2) is 15.0 Å². The van der Waals surface area contributed by atoms with E-state index in [1.54, 1.807) is 6.33 Å². The summed E-state index contributed by atoms with van der Waals surface area (Å²) in [7, 11) is 0. The summed E-state index contributed by atoms with van der Waals surface area (Å²) >= 11 is 0. The molecule has 0 aliphatic carbocycles. The number of nitrogen functional groups attached to an aromatic ring is 1. The first kappa shape index (κ1) is 14.0. The normalized spacial score (nSPS) is 10.7. The molecule has 0 bridgehead atoms. The zero-order valence-corrected chi connectivity index (χ0v) is 12.7. The lowest BCUT2D eigenvalue weighted by Gasteiger charge is -2.13. The van der Waals surface area contributed by atoms with Gasteiger partial charge >= 0.3 is 0 Å². The molecule has 118 valence electrons. The molecule has 0 aliphatic rings. The molecule has 4 rings (SSSR count). The summed E-state index contributed by atoms with van der Waals surface area (Å²) in [5.74, 6) is 1.08. The lowest BCUT2D eigenvalue weighted by atomic mass is 10.3. The average Bonchev–Trinajstić information content (AvgIpc) is 3.06. The van der Waals surface area contributed by atoms with Crippen molar-refractivity contribution >= 4 is 28.2 Å². The van der Waals surface area contributed by atoms with Crippen LogP contribution in [0.4, 0.5) is 17.2 Å². The number of aromatic nitrogens is 4. The molecule has 24 heavy (non-hydrogen) atoms. The molecule has 0 aliphatic heterocycles. The molecule has 0 saturated heterocycles. The van der Waals surface area contributed by atoms with Gasteiger partial charge in [-0.05, 0) is 24.3 Å². The summed E-state index contributed by atoms with van der Waals surface area (Å²) < 4.78 is 1.85. The van der Waals surface area contributed by atoms with E-state index in [0.29, 0.717) is 17.3 Å². The zero-order valence-electron chi connectivity index (χ0n) is 12.7. The number of para-hydroxylation sites is 3. The van der Waals surface area contributed by atoms with Crippen LogP contribution in [0, 0.1) is 0 Å². The fraction of sp³-hybridized carbons (Fsp3) is 0.